The quantitative estimate of drug-likeness (QED) is 0.903. The fourth-order valence-corrected chi connectivity index (χ4v) is 2.32. The molecule has 0 aliphatic carbocycles. The van der Waals surface area contributed by atoms with Gasteiger partial charge in [0.2, 0.25) is 0 Å². The molecular weight excluding hydrogens is 270 g/mol. The first-order chi connectivity index (χ1) is 7.65. The highest BCUT2D eigenvalue weighted by Crippen LogP contribution is 2.39. The Kier molecular flexibility index (Phi) is 5.09. The number of hydrogen-bond donors (Lipinski definition) is 1. The van der Waals surface area contributed by atoms with Gasteiger partial charge in [0.15, 0.2) is 11.5 Å². The van der Waals surface area contributed by atoms with Crippen LogP contribution in [0.25, 0.3) is 0 Å². The first-order valence-corrected chi connectivity index (χ1v) is 5.99. The average Bonchev–Trinajstić information content (AvgIpc) is 2.29. The maximum Gasteiger partial charge on any atom is 0.175 e. The van der Waals surface area contributed by atoms with Gasteiger partial charge < -0.3 is 14.8 Å². The van der Waals surface area contributed by atoms with E-state index in [0.717, 1.165) is 34.5 Å². The Bertz CT molecular complexity index is 367. The summed E-state index contributed by atoms with van der Waals surface area (Å²) in [5.74, 6) is 1.57. The van der Waals surface area contributed by atoms with Crippen LogP contribution in [0.4, 0.5) is 0 Å². The highest BCUT2D eigenvalue weighted by atomic mass is 79.9. The molecule has 1 rings (SSSR count). The zero-order chi connectivity index (χ0) is 12.1. The summed E-state index contributed by atoms with van der Waals surface area (Å²) in [5, 5.41) is 3.14. The van der Waals surface area contributed by atoms with Crippen molar-refractivity contribution in [3.63, 3.8) is 0 Å². The van der Waals surface area contributed by atoms with E-state index in [9.17, 15) is 0 Å². The third-order valence-electron chi connectivity index (χ3n) is 2.60. The fourth-order valence-electron chi connectivity index (χ4n) is 1.71. The van der Waals surface area contributed by atoms with Crippen LogP contribution in [-0.4, -0.2) is 27.8 Å². The highest BCUT2D eigenvalue weighted by Gasteiger charge is 2.15. The summed E-state index contributed by atoms with van der Waals surface area (Å²) >= 11 is 3.50. The molecule has 0 atom stereocenters. The lowest BCUT2D eigenvalue weighted by Crippen LogP contribution is -2.11. The van der Waals surface area contributed by atoms with Crippen molar-refractivity contribution in [3.05, 3.63) is 21.7 Å². The SMILES string of the molecule is CNCCc1cc(Br)c(OC)c(OC)c1C. The molecule has 16 heavy (non-hydrogen) atoms. The molecule has 0 saturated carbocycles. The number of likely N-dealkylation sites (N-methyl/N-ethyl adjacent to an activating group) is 1. The Labute approximate surface area is 105 Å². The molecule has 0 radical (unpaired) electrons. The van der Waals surface area contributed by atoms with Gasteiger partial charge in [0.25, 0.3) is 0 Å². The topological polar surface area (TPSA) is 30.5 Å². The number of hydrogen-bond acceptors (Lipinski definition) is 3. The van der Waals surface area contributed by atoms with Crippen LogP contribution in [0.2, 0.25) is 0 Å². The lowest BCUT2D eigenvalue weighted by atomic mass is 10.0. The fraction of sp³-hybridized carbons (Fsp3) is 0.500. The van der Waals surface area contributed by atoms with Crippen LogP contribution in [-0.2, 0) is 6.42 Å². The number of ether oxygens (including phenoxy) is 2. The summed E-state index contributed by atoms with van der Waals surface area (Å²) in [6.45, 7) is 3.00. The van der Waals surface area contributed by atoms with Crippen molar-refractivity contribution >= 4 is 15.9 Å². The van der Waals surface area contributed by atoms with E-state index in [1.807, 2.05) is 7.05 Å². The minimum absolute atomic E-state index is 0.758. The van der Waals surface area contributed by atoms with Gasteiger partial charge in [-0.2, -0.15) is 0 Å². The molecular formula is C12H18BrNO2. The van der Waals surface area contributed by atoms with Crippen molar-refractivity contribution < 1.29 is 9.47 Å². The molecule has 4 heteroatoms. The Hall–Kier alpha value is -0.740. The van der Waals surface area contributed by atoms with Gasteiger partial charge in [-0.25, -0.2) is 0 Å². The summed E-state index contributed by atoms with van der Waals surface area (Å²) in [4.78, 5) is 0. The Morgan fingerprint density at radius 1 is 1.25 bits per heavy atom. The van der Waals surface area contributed by atoms with Gasteiger partial charge in [-0.1, -0.05) is 0 Å². The van der Waals surface area contributed by atoms with Gasteiger partial charge in [0.05, 0.1) is 18.7 Å². The largest absolute Gasteiger partial charge is 0.493 e. The van der Waals surface area contributed by atoms with Crippen LogP contribution in [0, 0.1) is 6.92 Å². The monoisotopic (exact) mass is 287 g/mol. The van der Waals surface area contributed by atoms with Crippen molar-refractivity contribution in [2.24, 2.45) is 0 Å². The smallest absolute Gasteiger partial charge is 0.175 e. The number of nitrogens with one attached hydrogen (secondary N) is 1. The molecule has 0 aromatic heterocycles. The Balaban J connectivity index is 3.17. The third kappa shape index (κ3) is 2.68. The van der Waals surface area contributed by atoms with E-state index < -0.39 is 0 Å². The van der Waals surface area contributed by atoms with E-state index in [4.69, 9.17) is 9.47 Å². The lowest BCUT2D eigenvalue weighted by molar-refractivity contribution is 0.350. The van der Waals surface area contributed by atoms with Crippen LogP contribution in [0.5, 0.6) is 11.5 Å². The van der Waals surface area contributed by atoms with Gasteiger partial charge >= 0.3 is 0 Å². The van der Waals surface area contributed by atoms with Crippen LogP contribution < -0.4 is 14.8 Å². The van der Waals surface area contributed by atoms with E-state index >= 15 is 0 Å². The number of rotatable bonds is 5. The number of halogens is 1. The molecule has 0 fully saturated rings. The molecule has 0 heterocycles. The minimum Gasteiger partial charge on any atom is -0.493 e. The molecule has 0 bridgehead atoms. The second kappa shape index (κ2) is 6.11. The summed E-state index contributed by atoms with van der Waals surface area (Å²) < 4.78 is 11.6. The first kappa shape index (κ1) is 13.3. The van der Waals surface area contributed by atoms with Crippen molar-refractivity contribution in [2.45, 2.75) is 13.3 Å². The van der Waals surface area contributed by atoms with Gasteiger partial charge in [-0.05, 0) is 60.1 Å². The number of methoxy groups -OCH3 is 2. The molecule has 0 aliphatic heterocycles. The number of benzene rings is 1. The van der Waals surface area contributed by atoms with Gasteiger partial charge in [-0.15, -0.1) is 0 Å². The van der Waals surface area contributed by atoms with Crippen LogP contribution in [0.15, 0.2) is 10.5 Å². The van der Waals surface area contributed by atoms with E-state index in [1.54, 1.807) is 14.2 Å². The molecule has 0 saturated heterocycles. The van der Waals surface area contributed by atoms with Crippen LogP contribution in [0.3, 0.4) is 0 Å². The summed E-state index contributed by atoms with van der Waals surface area (Å²) in [7, 11) is 5.26. The van der Waals surface area contributed by atoms with E-state index in [-0.39, 0.29) is 0 Å². The molecule has 1 aromatic carbocycles. The van der Waals surface area contributed by atoms with E-state index in [0.29, 0.717) is 0 Å². The third-order valence-corrected chi connectivity index (χ3v) is 3.19. The Morgan fingerprint density at radius 3 is 2.38 bits per heavy atom. The summed E-state index contributed by atoms with van der Waals surface area (Å²) in [6.07, 6.45) is 0.973. The molecule has 90 valence electrons. The molecule has 0 spiro atoms. The zero-order valence-electron chi connectivity index (χ0n) is 10.2. The molecule has 1 N–H and O–H groups in total. The van der Waals surface area contributed by atoms with Crippen molar-refractivity contribution in [1.29, 1.82) is 0 Å². The maximum atomic E-state index is 5.39. The predicted octanol–water partition coefficient (Wildman–Crippen LogP) is 2.54. The van der Waals surface area contributed by atoms with Crippen LogP contribution in [0.1, 0.15) is 11.1 Å². The molecule has 0 unspecified atom stereocenters. The highest BCUT2D eigenvalue weighted by molar-refractivity contribution is 9.10. The summed E-state index contributed by atoms with van der Waals surface area (Å²) in [5.41, 5.74) is 2.40. The Morgan fingerprint density at radius 2 is 1.88 bits per heavy atom. The second-order valence-electron chi connectivity index (χ2n) is 3.56. The van der Waals surface area contributed by atoms with Gasteiger partial charge in [0.1, 0.15) is 0 Å². The van der Waals surface area contributed by atoms with Crippen LogP contribution >= 0.6 is 15.9 Å². The molecule has 0 amide bonds. The van der Waals surface area contributed by atoms with Crippen molar-refractivity contribution in [1.82, 2.24) is 5.32 Å². The van der Waals surface area contributed by atoms with E-state index in [1.165, 1.54) is 5.56 Å². The summed E-state index contributed by atoms with van der Waals surface area (Å²) in [6, 6.07) is 2.09. The first-order valence-electron chi connectivity index (χ1n) is 5.20. The molecule has 1 aromatic rings. The average molecular weight is 288 g/mol. The molecule has 3 nitrogen and oxygen atoms in total. The van der Waals surface area contributed by atoms with Crippen molar-refractivity contribution in [3.8, 4) is 11.5 Å². The maximum absolute atomic E-state index is 5.39. The normalized spacial score (nSPS) is 10.3. The van der Waals surface area contributed by atoms with Crippen molar-refractivity contribution in [2.75, 3.05) is 27.8 Å². The van der Waals surface area contributed by atoms with Gasteiger partial charge in [0, 0.05) is 0 Å². The minimum atomic E-state index is 0.758. The van der Waals surface area contributed by atoms with E-state index in [2.05, 4.69) is 34.2 Å². The molecule has 0 aliphatic rings. The lowest BCUT2D eigenvalue weighted by Gasteiger charge is -2.16. The second-order valence-corrected chi connectivity index (χ2v) is 4.42. The standard InChI is InChI=1S/C12H18BrNO2/c1-8-9(5-6-14-2)7-10(13)12(16-4)11(8)15-3/h7,14H,5-6H2,1-4H3. The van der Waals surface area contributed by atoms with Gasteiger partial charge in [-0.3, -0.25) is 0 Å². The predicted molar refractivity (Wildman–Crippen MR) is 69.6 cm³/mol. The zero-order valence-corrected chi connectivity index (χ0v) is 11.8.